The Morgan fingerprint density at radius 3 is 1.96 bits per heavy atom. The Morgan fingerprint density at radius 2 is 1.43 bits per heavy atom. The van der Waals surface area contributed by atoms with Crippen LogP contribution in [0.25, 0.3) is 0 Å². The fourth-order valence-electron chi connectivity index (χ4n) is 4.04. The normalized spacial score (nSPS) is 44.9. The zero-order valence-electron chi connectivity index (χ0n) is 17.7. The van der Waals surface area contributed by atoms with Crippen molar-refractivity contribution in [1.82, 2.24) is 0 Å². The molecule has 0 aliphatic carbocycles. The minimum Gasteiger partial charge on any atom is -0.448 e. The van der Waals surface area contributed by atoms with Crippen LogP contribution in [-0.4, -0.2) is 40.6 Å². The first kappa shape index (κ1) is 24.5. The molecule has 0 saturated carbocycles. The van der Waals surface area contributed by atoms with Crippen LogP contribution in [0.5, 0.6) is 0 Å². The molecule has 5 unspecified atom stereocenters. The molecule has 0 spiro atoms. The van der Waals surface area contributed by atoms with Gasteiger partial charge < -0.3 is 18.9 Å². The average Bonchev–Trinajstić information content (AvgIpc) is 2.62. The SMILES string of the molecule is CCC1OC(OC(=N)C(Cl)(Cl)Cl)C(C)[C@@H](C)[C@@H]1O[C@@H]1OC(C)[C@@H](C)[C@@H](C)C1C. The lowest BCUT2D eigenvalue weighted by atomic mass is 9.79. The maximum atomic E-state index is 7.85. The summed E-state index contributed by atoms with van der Waals surface area (Å²) in [6.07, 6.45) is -0.372. The van der Waals surface area contributed by atoms with Crippen molar-refractivity contribution >= 4 is 40.7 Å². The van der Waals surface area contributed by atoms with E-state index in [-0.39, 0.29) is 42.4 Å². The van der Waals surface area contributed by atoms with Gasteiger partial charge in [-0.05, 0) is 31.1 Å². The molecule has 0 bridgehead atoms. The molecule has 28 heavy (non-hydrogen) atoms. The number of halogens is 3. The zero-order chi connectivity index (χ0) is 21.4. The molecule has 2 aliphatic heterocycles. The second kappa shape index (κ2) is 9.57. The molecule has 0 amide bonds. The molecule has 1 N–H and O–H groups in total. The lowest BCUT2D eigenvalue weighted by Crippen LogP contribution is -2.55. The predicted octanol–water partition coefficient (Wildman–Crippen LogP) is 5.80. The highest BCUT2D eigenvalue weighted by molar-refractivity contribution is 6.76. The van der Waals surface area contributed by atoms with Gasteiger partial charge in [-0.3, -0.25) is 5.41 Å². The summed E-state index contributed by atoms with van der Waals surface area (Å²) in [6.45, 7) is 14.9. The molecule has 5 nitrogen and oxygen atoms in total. The van der Waals surface area contributed by atoms with E-state index in [9.17, 15) is 0 Å². The van der Waals surface area contributed by atoms with Crippen molar-refractivity contribution in [2.24, 2.45) is 29.6 Å². The van der Waals surface area contributed by atoms with E-state index in [1.54, 1.807) is 0 Å². The van der Waals surface area contributed by atoms with Gasteiger partial charge in [0.05, 0.1) is 18.3 Å². The third-order valence-electron chi connectivity index (χ3n) is 6.81. The van der Waals surface area contributed by atoms with Crippen molar-refractivity contribution in [3.63, 3.8) is 0 Å². The van der Waals surface area contributed by atoms with Crippen molar-refractivity contribution in [3.05, 3.63) is 0 Å². The Bertz CT molecular complexity index is 542. The van der Waals surface area contributed by atoms with Crippen LogP contribution in [0.1, 0.15) is 54.9 Å². The number of hydrogen-bond donors (Lipinski definition) is 1. The van der Waals surface area contributed by atoms with Crippen LogP contribution in [0.4, 0.5) is 0 Å². The lowest BCUT2D eigenvalue weighted by molar-refractivity contribution is -0.313. The van der Waals surface area contributed by atoms with E-state index in [0.717, 1.165) is 6.42 Å². The summed E-state index contributed by atoms with van der Waals surface area (Å²) in [4.78, 5) is 0. The van der Waals surface area contributed by atoms with Crippen LogP contribution in [0, 0.1) is 35.0 Å². The van der Waals surface area contributed by atoms with Gasteiger partial charge in [-0.15, -0.1) is 0 Å². The number of nitrogens with one attached hydrogen (secondary N) is 1. The summed E-state index contributed by atoms with van der Waals surface area (Å²) >= 11 is 17.3. The second-order valence-electron chi connectivity index (χ2n) is 8.50. The molecule has 2 saturated heterocycles. The van der Waals surface area contributed by atoms with Gasteiger partial charge in [-0.2, -0.15) is 0 Å². The highest BCUT2D eigenvalue weighted by atomic mass is 35.6. The largest absolute Gasteiger partial charge is 0.448 e. The maximum Gasteiger partial charge on any atom is 0.265 e. The van der Waals surface area contributed by atoms with Gasteiger partial charge in [0.1, 0.15) is 0 Å². The molecule has 0 radical (unpaired) electrons. The number of hydrogen-bond acceptors (Lipinski definition) is 5. The summed E-state index contributed by atoms with van der Waals surface area (Å²) in [7, 11) is 0. The van der Waals surface area contributed by atoms with Crippen LogP contribution in [0.3, 0.4) is 0 Å². The molecular weight excluding hydrogens is 425 g/mol. The van der Waals surface area contributed by atoms with Gasteiger partial charge in [0.25, 0.3) is 3.79 Å². The Kier molecular flexibility index (Phi) is 8.37. The first-order valence-corrected chi connectivity index (χ1v) is 11.3. The summed E-state index contributed by atoms with van der Waals surface area (Å²) in [5.74, 6) is 0.920. The lowest BCUT2D eigenvalue weighted by Gasteiger charge is -2.48. The van der Waals surface area contributed by atoms with Crippen LogP contribution in [0.15, 0.2) is 0 Å². The number of rotatable bonds is 4. The van der Waals surface area contributed by atoms with E-state index < -0.39 is 16.0 Å². The van der Waals surface area contributed by atoms with Gasteiger partial charge in [0, 0.05) is 11.8 Å². The molecule has 164 valence electrons. The van der Waals surface area contributed by atoms with Crippen LogP contribution in [-0.2, 0) is 18.9 Å². The van der Waals surface area contributed by atoms with E-state index in [4.69, 9.17) is 59.2 Å². The molecule has 10 atom stereocenters. The van der Waals surface area contributed by atoms with Crippen molar-refractivity contribution in [1.29, 1.82) is 5.41 Å². The second-order valence-corrected chi connectivity index (χ2v) is 10.8. The standard InChI is InChI=1S/C20H34Cl3NO4/c1-8-15-16(27-17-12(5)9(2)10(3)14(7)25-17)11(4)13(6)18(26-15)28-19(24)20(21,22)23/h9-18,24H,8H2,1-7H3/t9-,10+,11-,12?,13?,14?,15?,16+,17+,18?/m1/s1. The predicted molar refractivity (Wildman–Crippen MR) is 113 cm³/mol. The van der Waals surface area contributed by atoms with E-state index >= 15 is 0 Å². The molecule has 0 aromatic carbocycles. The molecular formula is C20H34Cl3NO4. The summed E-state index contributed by atoms with van der Waals surface area (Å²) < 4.78 is 22.5. The molecule has 0 aromatic heterocycles. The first-order valence-electron chi connectivity index (χ1n) is 10.2. The molecule has 2 aliphatic rings. The zero-order valence-corrected chi connectivity index (χ0v) is 20.0. The van der Waals surface area contributed by atoms with Crippen molar-refractivity contribution in [3.8, 4) is 0 Å². The van der Waals surface area contributed by atoms with E-state index in [2.05, 4.69) is 34.6 Å². The topological polar surface area (TPSA) is 60.8 Å². The van der Waals surface area contributed by atoms with Gasteiger partial charge in [0.2, 0.25) is 12.2 Å². The Hall–Kier alpha value is 0.220. The first-order chi connectivity index (χ1) is 12.9. The number of alkyl halides is 3. The monoisotopic (exact) mass is 457 g/mol. The van der Waals surface area contributed by atoms with Gasteiger partial charge in [0.15, 0.2) is 6.29 Å². The van der Waals surface area contributed by atoms with Crippen molar-refractivity contribution in [2.75, 3.05) is 0 Å². The molecule has 2 fully saturated rings. The quantitative estimate of drug-likeness (QED) is 0.329. The molecule has 2 rings (SSSR count). The Morgan fingerprint density at radius 1 is 0.857 bits per heavy atom. The molecule has 2 heterocycles. The summed E-state index contributed by atoms with van der Waals surface area (Å²) in [5, 5.41) is 7.85. The molecule has 8 heteroatoms. The Labute approximate surface area is 184 Å². The number of ether oxygens (including phenoxy) is 4. The Balaban J connectivity index is 2.11. The molecule has 0 aromatic rings. The maximum absolute atomic E-state index is 7.85. The minimum absolute atomic E-state index is 0.0480. The van der Waals surface area contributed by atoms with Gasteiger partial charge >= 0.3 is 0 Å². The van der Waals surface area contributed by atoms with Crippen LogP contribution in [0.2, 0.25) is 0 Å². The van der Waals surface area contributed by atoms with Crippen molar-refractivity contribution in [2.45, 2.75) is 89.6 Å². The highest BCUT2D eigenvalue weighted by Gasteiger charge is 2.47. The average molecular weight is 459 g/mol. The van der Waals surface area contributed by atoms with Crippen molar-refractivity contribution < 1.29 is 18.9 Å². The van der Waals surface area contributed by atoms with Crippen LogP contribution >= 0.6 is 34.8 Å². The summed E-state index contributed by atoms with van der Waals surface area (Å²) in [5.41, 5.74) is 0. The fourth-order valence-corrected chi connectivity index (χ4v) is 4.18. The van der Waals surface area contributed by atoms with E-state index in [1.807, 2.05) is 13.8 Å². The summed E-state index contributed by atoms with van der Waals surface area (Å²) in [6, 6.07) is 0. The third-order valence-corrected chi connectivity index (χ3v) is 7.33. The smallest absolute Gasteiger partial charge is 0.265 e. The minimum atomic E-state index is -1.91. The van der Waals surface area contributed by atoms with Gasteiger partial charge in [-0.25, -0.2) is 0 Å². The van der Waals surface area contributed by atoms with E-state index in [0.29, 0.717) is 11.8 Å². The highest BCUT2D eigenvalue weighted by Crippen LogP contribution is 2.41. The van der Waals surface area contributed by atoms with Crippen LogP contribution < -0.4 is 0 Å². The fraction of sp³-hybridized carbons (Fsp3) is 0.950. The van der Waals surface area contributed by atoms with E-state index in [1.165, 1.54) is 0 Å². The van der Waals surface area contributed by atoms with Gasteiger partial charge in [-0.1, -0.05) is 76.3 Å². The third kappa shape index (κ3) is 5.28.